The minimum atomic E-state index is 0.106. The normalized spacial score (nSPS) is 12.1. The molecular weight excluding hydrogens is 140 g/mol. The Morgan fingerprint density at radius 3 is 3.00 bits per heavy atom. The molecule has 0 aliphatic carbocycles. The van der Waals surface area contributed by atoms with Crippen molar-refractivity contribution in [1.82, 2.24) is 9.78 Å². The van der Waals surface area contributed by atoms with Crippen molar-refractivity contribution in [2.75, 3.05) is 6.61 Å². The van der Waals surface area contributed by atoms with Gasteiger partial charge in [0.2, 0.25) is 0 Å². The fourth-order valence-electron chi connectivity index (χ4n) is 0.845. The monoisotopic (exact) mass is 152 g/mol. The molecule has 0 aliphatic rings. The van der Waals surface area contributed by atoms with Gasteiger partial charge in [0.15, 0.2) is 0 Å². The van der Waals surface area contributed by atoms with Crippen LogP contribution in [0, 0.1) is 0 Å². The molecule has 3 heteroatoms. The van der Waals surface area contributed by atoms with E-state index in [1.165, 1.54) is 0 Å². The van der Waals surface area contributed by atoms with Gasteiger partial charge in [0.1, 0.15) is 0 Å². The molecule has 0 radical (unpaired) electrons. The van der Waals surface area contributed by atoms with Crippen molar-refractivity contribution >= 4 is 6.08 Å². The molecule has 1 rings (SSSR count). The lowest BCUT2D eigenvalue weighted by atomic mass is 10.2. The van der Waals surface area contributed by atoms with Crippen molar-refractivity contribution in [1.29, 1.82) is 0 Å². The maximum Gasteiger partial charge on any atom is 0.0642 e. The standard InChI is InChI=1S/C8H12N2O/c1-7(6-11)3-8-4-9-10(2)5-8/h3-5,11H,6H2,1-2H3. The van der Waals surface area contributed by atoms with E-state index in [1.807, 2.05) is 26.2 Å². The predicted octanol–water partition coefficient (Wildman–Crippen LogP) is 0.816. The van der Waals surface area contributed by atoms with E-state index in [2.05, 4.69) is 5.10 Å². The second-order valence-corrected chi connectivity index (χ2v) is 2.60. The Kier molecular flexibility index (Phi) is 2.44. The molecule has 1 aromatic rings. The highest BCUT2D eigenvalue weighted by atomic mass is 16.3. The summed E-state index contributed by atoms with van der Waals surface area (Å²) in [5.74, 6) is 0. The summed E-state index contributed by atoms with van der Waals surface area (Å²) in [4.78, 5) is 0. The average molecular weight is 152 g/mol. The van der Waals surface area contributed by atoms with Gasteiger partial charge in [0.05, 0.1) is 12.8 Å². The zero-order chi connectivity index (χ0) is 8.27. The van der Waals surface area contributed by atoms with Crippen LogP contribution in [-0.4, -0.2) is 21.5 Å². The molecule has 11 heavy (non-hydrogen) atoms. The third-order valence-electron chi connectivity index (χ3n) is 1.39. The number of aromatic nitrogens is 2. The highest BCUT2D eigenvalue weighted by Gasteiger charge is 1.91. The maximum absolute atomic E-state index is 8.71. The smallest absolute Gasteiger partial charge is 0.0642 e. The highest BCUT2D eigenvalue weighted by Crippen LogP contribution is 2.03. The molecule has 1 heterocycles. The van der Waals surface area contributed by atoms with Gasteiger partial charge in [0.25, 0.3) is 0 Å². The van der Waals surface area contributed by atoms with E-state index in [9.17, 15) is 0 Å². The molecule has 0 fully saturated rings. The van der Waals surface area contributed by atoms with Crippen LogP contribution in [0.5, 0.6) is 0 Å². The maximum atomic E-state index is 8.71. The van der Waals surface area contributed by atoms with Crippen molar-refractivity contribution in [3.8, 4) is 0 Å². The molecule has 1 N–H and O–H groups in total. The summed E-state index contributed by atoms with van der Waals surface area (Å²) in [5.41, 5.74) is 1.97. The zero-order valence-corrected chi connectivity index (χ0v) is 6.78. The summed E-state index contributed by atoms with van der Waals surface area (Å²) in [5, 5.41) is 12.7. The molecule has 3 nitrogen and oxygen atoms in total. The fraction of sp³-hybridized carbons (Fsp3) is 0.375. The van der Waals surface area contributed by atoms with Gasteiger partial charge in [0, 0.05) is 18.8 Å². The predicted molar refractivity (Wildman–Crippen MR) is 43.9 cm³/mol. The molecule has 0 unspecified atom stereocenters. The Bertz CT molecular complexity index is 263. The molecule has 0 bridgehead atoms. The van der Waals surface area contributed by atoms with Gasteiger partial charge in [-0.25, -0.2) is 0 Å². The summed E-state index contributed by atoms with van der Waals surface area (Å²) >= 11 is 0. The van der Waals surface area contributed by atoms with E-state index >= 15 is 0 Å². The molecule has 0 saturated heterocycles. The first-order valence-corrected chi connectivity index (χ1v) is 3.49. The number of aryl methyl sites for hydroxylation is 1. The first kappa shape index (κ1) is 8.01. The van der Waals surface area contributed by atoms with Crippen molar-refractivity contribution in [3.63, 3.8) is 0 Å². The van der Waals surface area contributed by atoms with Gasteiger partial charge >= 0.3 is 0 Å². The third kappa shape index (κ3) is 2.20. The highest BCUT2D eigenvalue weighted by molar-refractivity contribution is 5.50. The lowest BCUT2D eigenvalue weighted by Crippen LogP contribution is -1.84. The second kappa shape index (κ2) is 3.34. The zero-order valence-electron chi connectivity index (χ0n) is 6.78. The molecule has 60 valence electrons. The Balaban J connectivity index is 2.78. The summed E-state index contributed by atoms with van der Waals surface area (Å²) in [6.07, 6.45) is 5.57. The second-order valence-electron chi connectivity index (χ2n) is 2.60. The van der Waals surface area contributed by atoms with Gasteiger partial charge in [-0.05, 0) is 12.5 Å². The molecule has 1 aromatic heterocycles. The van der Waals surface area contributed by atoms with Gasteiger partial charge in [-0.1, -0.05) is 6.08 Å². The first-order valence-electron chi connectivity index (χ1n) is 3.49. The number of hydrogen-bond acceptors (Lipinski definition) is 2. The van der Waals surface area contributed by atoms with Gasteiger partial charge < -0.3 is 5.11 Å². The summed E-state index contributed by atoms with van der Waals surface area (Å²) in [7, 11) is 1.87. The molecule has 0 aliphatic heterocycles. The number of rotatable bonds is 2. The largest absolute Gasteiger partial charge is 0.392 e. The van der Waals surface area contributed by atoms with E-state index in [0.717, 1.165) is 11.1 Å². The molecular formula is C8H12N2O. The summed E-state index contributed by atoms with van der Waals surface area (Å²) in [6, 6.07) is 0. The number of aliphatic hydroxyl groups is 1. The number of aliphatic hydroxyl groups excluding tert-OH is 1. The van der Waals surface area contributed by atoms with Crippen LogP contribution < -0.4 is 0 Å². The Labute approximate surface area is 66.0 Å². The van der Waals surface area contributed by atoms with Crippen LogP contribution in [0.1, 0.15) is 12.5 Å². The van der Waals surface area contributed by atoms with Gasteiger partial charge in [-0.15, -0.1) is 0 Å². The van der Waals surface area contributed by atoms with Gasteiger partial charge in [-0.3, -0.25) is 4.68 Å². The van der Waals surface area contributed by atoms with Crippen molar-refractivity contribution in [2.24, 2.45) is 7.05 Å². The number of hydrogen-bond donors (Lipinski definition) is 1. The third-order valence-corrected chi connectivity index (χ3v) is 1.39. The van der Waals surface area contributed by atoms with E-state index < -0.39 is 0 Å². The average Bonchev–Trinajstić information content (AvgIpc) is 2.35. The summed E-state index contributed by atoms with van der Waals surface area (Å²) in [6.45, 7) is 1.99. The SMILES string of the molecule is CC(=Cc1cnn(C)c1)CO. The lowest BCUT2D eigenvalue weighted by molar-refractivity contribution is 0.332. The molecule has 0 atom stereocenters. The molecule has 0 saturated carbocycles. The quantitative estimate of drug-likeness (QED) is 0.681. The minimum absolute atomic E-state index is 0.106. The van der Waals surface area contributed by atoms with Crippen molar-refractivity contribution in [2.45, 2.75) is 6.92 Å². The molecule has 0 aromatic carbocycles. The van der Waals surface area contributed by atoms with Crippen molar-refractivity contribution < 1.29 is 5.11 Å². The van der Waals surface area contributed by atoms with E-state index in [1.54, 1.807) is 10.9 Å². The Morgan fingerprint density at radius 2 is 2.55 bits per heavy atom. The number of nitrogens with zero attached hydrogens (tertiary/aromatic N) is 2. The van der Waals surface area contributed by atoms with E-state index in [-0.39, 0.29) is 6.61 Å². The Morgan fingerprint density at radius 1 is 1.82 bits per heavy atom. The first-order chi connectivity index (χ1) is 5.22. The minimum Gasteiger partial charge on any atom is -0.392 e. The Hall–Kier alpha value is -1.09. The van der Waals surface area contributed by atoms with Crippen LogP contribution in [0.3, 0.4) is 0 Å². The van der Waals surface area contributed by atoms with Crippen LogP contribution in [0.25, 0.3) is 6.08 Å². The van der Waals surface area contributed by atoms with Gasteiger partial charge in [-0.2, -0.15) is 5.10 Å². The molecule has 0 amide bonds. The van der Waals surface area contributed by atoms with Crippen LogP contribution in [0.2, 0.25) is 0 Å². The molecule has 0 spiro atoms. The summed E-state index contributed by atoms with van der Waals surface area (Å²) < 4.78 is 1.73. The van der Waals surface area contributed by atoms with Crippen molar-refractivity contribution in [3.05, 3.63) is 23.5 Å². The topological polar surface area (TPSA) is 38.0 Å². The van der Waals surface area contributed by atoms with E-state index in [4.69, 9.17) is 5.11 Å². The van der Waals surface area contributed by atoms with Crippen LogP contribution in [0.15, 0.2) is 18.0 Å². The van der Waals surface area contributed by atoms with Crippen LogP contribution in [-0.2, 0) is 7.05 Å². The van der Waals surface area contributed by atoms with E-state index in [0.29, 0.717) is 0 Å². The fourth-order valence-corrected chi connectivity index (χ4v) is 0.845. The lowest BCUT2D eigenvalue weighted by Gasteiger charge is -1.90. The van der Waals surface area contributed by atoms with Crippen LogP contribution >= 0.6 is 0 Å². The van der Waals surface area contributed by atoms with Crippen LogP contribution in [0.4, 0.5) is 0 Å².